The minimum absolute atomic E-state index is 0.216. The van der Waals surface area contributed by atoms with Crippen molar-refractivity contribution in [2.75, 3.05) is 18.1 Å². The van der Waals surface area contributed by atoms with E-state index in [0.717, 1.165) is 38.0 Å². The zero-order chi connectivity index (χ0) is 12.4. The van der Waals surface area contributed by atoms with Gasteiger partial charge >= 0.3 is 0 Å². The van der Waals surface area contributed by atoms with Crippen molar-refractivity contribution in [2.45, 2.75) is 31.8 Å². The Morgan fingerprint density at radius 2 is 2.00 bits per heavy atom. The van der Waals surface area contributed by atoms with Crippen LogP contribution in [0, 0.1) is 5.92 Å². The summed E-state index contributed by atoms with van der Waals surface area (Å²) in [7, 11) is 0. The van der Waals surface area contributed by atoms with Gasteiger partial charge in [-0.1, -0.05) is 18.2 Å². The maximum Gasteiger partial charge on any atom is 0.230 e. The van der Waals surface area contributed by atoms with Crippen LogP contribution in [-0.2, 0) is 9.53 Å². The molecule has 0 bridgehead atoms. The summed E-state index contributed by atoms with van der Waals surface area (Å²) >= 11 is 0. The van der Waals surface area contributed by atoms with E-state index >= 15 is 0 Å². The second-order valence-corrected chi connectivity index (χ2v) is 5.19. The number of rotatable bonds is 4. The number of hydrogen-bond donors (Lipinski definition) is 0. The van der Waals surface area contributed by atoms with Crippen LogP contribution in [0.15, 0.2) is 30.3 Å². The Balaban J connectivity index is 1.76. The monoisotopic (exact) mass is 245 g/mol. The molecule has 18 heavy (non-hydrogen) atoms. The lowest BCUT2D eigenvalue weighted by atomic mass is 10.2. The van der Waals surface area contributed by atoms with E-state index in [1.165, 1.54) is 0 Å². The van der Waals surface area contributed by atoms with Gasteiger partial charge in [-0.2, -0.15) is 0 Å². The normalized spacial score (nSPS) is 23.0. The number of para-hydroxylation sites is 1. The highest BCUT2D eigenvalue weighted by Gasteiger charge is 2.35. The topological polar surface area (TPSA) is 29.5 Å². The molecule has 1 amide bonds. The lowest BCUT2D eigenvalue weighted by molar-refractivity contribution is -0.120. The SMILES string of the molecule is O=C(C1CC1)N(CC1CCCO1)c1ccccc1. The van der Waals surface area contributed by atoms with Crippen molar-refractivity contribution in [3.8, 4) is 0 Å². The predicted molar refractivity (Wildman–Crippen MR) is 70.5 cm³/mol. The van der Waals surface area contributed by atoms with E-state index in [1.807, 2.05) is 35.2 Å². The highest BCUT2D eigenvalue weighted by Crippen LogP contribution is 2.33. The largest absolute Gasteiger partial charge is 0.376 e. The molecule has 0 aromatic heterocycles. The summed E-state index contributed by atoms with van der Waals surface area (Å²) in [4.78, 5) is 14.3. The Morgan fingerprint density at radius 1 is 1.22 bits per heavy atom. The van der Waals surface area contributed by atoms with Crippen molar-refractivity contribution in [1.82, 2.24) is 0 Å². The maximum absolute atomic E-state index is 12.4. The number of anilines is 1. The lowest BCUT2D eigenvalue weighted by Gasteiger charge is -2.25. The fourth-order valence-corrected chi connectivity index (χ4v) is 2.47. The summed E-state index contributed by atoms with van der Waals surface area (Å²) in [5, 5.41) is 0. The van der Waals surface area contributed by atoms with E-state index in [4.69, 9.17) is 4.74 Å². The number of nitrogens with zero attached hydrogens (tertiary/aromatic N) is 1. The van der Waals surface area contributed by atoms with Gasteiger partial charge in [-0.05, 0) is 37.8 Å². The Bertz CT molecular complexity index is 408. The third-order valence-corrected chi connectivity index (χ3v) is 3.67. The number of carbonyl (C=O) groups is 1. The molecule has 0 N–H and O–H groups in total. The van der Waals surface area contributed by atoms with Crippen molar-refractivity contribution in [3.63, 3.8) is 0 Å². The van der Waals surface area contributed by atoms with E-state index < -0.39 is 0 Å². The average Bonchev–Trinajstić information content (AvgIpc) is 3.14. The molecule has 96 valence electrons. The van der Waals surface area contributed by atoms with Crippen LogP contribution in [0.5, 0.6) is 0 Å². The van der Waals surface area contributed by atoms with Crippen LogP contribution < -0.4 is 4.90 Å². The zero-order valence-corrected chi connectivity index (χ0v) is 10.5. The predicted octanol–water partition coefficient (Wildman–Crippen LogP) is 2.61. The van der Waals surface area contributed by atoms with Gasteiger partial charge in [0, 0.05) is 18.2 Å². The molecule has 1 saturated heterocycles. The first-order chi connectivity index (χ1) is 8.84. The summed E-state index contributed by atoms with van der Waals surface area (Å²) in [5.41, 5.74) is 1.00. The molecule has 1 unspecified atom stereocenters. The molecular weight excluding hydrogens is 226 g/mol. The minimum Gasteiger partial charge on any atom is -0.376 e. The Kier molecular flexibility index (Phi) is 3.33. The van der Waals surface area contributed by atoms with Gasteiger partial charge in [0.25, 0.3) is 0 Å². The second-order valence-electron chi connectivity index (χ2n) is 5.19. The zero-order valence-electron chi connectivity index (χ0n) is 10.5. The first kappa shape index (κ1) is 11.7. The molecule has 3 nitrogen and oxygen atoms in total. The van der Waals surface area contributed by atoms with E-state index in [9.17, 15) is 4.79 Å². The van der Waals surface area contributed by atoms with Crippen LogP contribution in [0.2, 0.25) is 0 Å². The molecule has 2 aliphatic rings. The standard InChI is InChI=1S/C15H19NO2/c17-15(12-8-9-12)16(11-14-7-4-10-18-14)13-5-2-1-3-6-13/h1-3,5-6,12,14H,4,7-11H2. The van der Waals surface area contributed by atoms with E-state index in [1.54, 1.807) is 0 Å². The molecule has 3 rings (SSSR count). The van der Waals surface area contributed by atoms with Crippen LogP contribution in [-0.4, -0.2) is 25.2 Å². The van der Waals surface area contributed by atoms with Gasteiger partial charge in [-0.3, -0.25) is 4.79 Å². The van der Waals surface area contributed by atoms with Crippen molar-refractivity contribution in [1.29, 1.82) is 0 Å². The summed E-state index contributed by atoms with van der Waals surface area (Å²) in [6, 6.07) is 9.97. The summed E-state index contributed by atoms with van der Waals surface area (Å²) < 4.78 is 5.66. The third-order valence-electron chi connectivity index (χ3n) is 3.67. The van der Waals surface area contributed by atoms with Crippen molar-refractivity contribution >= 4 is 11.6 Å². The lowest BCUT2D eigenvalue weighted by Crippen LogP contribution is -2.38. The molecule has 1 aromatic rings. The smallest absolute Gasteiger partial charge is 0.230 e. The number of ether oxygens (including phenoxy) is 1. The van der Waals surface area contributed by atoms with Crippen LogP contribution in [0.4, 0.5) is 5.69 Å². The summed E-state index contributed by atoms with van der Waals surface area (Å²) in [6.45, 7) is 1.55. The number of benzene rings is 1. The van der Waals surface area contributed by atoms with E-state index in [0.29, 0.717) is 6.54 Å². The van der Waals surface area contributed by atoms with Crippen LogP contribution >= 0.6 is 0 Å². The van der Waals surface area contributed by atoms with E-state index in [-0.39, 0.29) is 17.9 Å². The highest BCUT2D eigenvalue weighted by atomic mass is 16.5. The van der Waals surface area contributed by atoms with Crippen LogP contribution in [0.1, 0.15) is 25.7 Å². The van der Waals surface area contributed by atoms with Gasteiger partial charge in [0.2, 0.25) is 5.91 Å². The number of carbonyl (C=O) groups excluding carboxylic acids is 1. The van der Waals surface area contributed by atoms with Crippen molar-refractivity contribution < 1.29 is 9.53 Å². The molecular formula is C15H19NO2. The molecule has 1 atom stereocenters. The molecule has 0 radical (unpaired) electrons. The Labute approximate surface area is 108 Å². The van der Waals surface area contributed by atoms with Crippen molar-refractivity contribution in [2.24, 2.45) is 5.92 Å². The van der Waals surface area contributed by atoms with Crippen LogP contribution in [0.3, 0.4) is 0 Å². The number of amides is 1. The fourth-order valence-electron chi connectivity index (χ4n) is 2.47. The van der Waals surface area contributed by atoms with Gasteiger partial charge in [0.1, 0.15) is 0 Å². The molecule has 2 fully saturated rings. The fraction of sp³-hybridized carbons (Fsp3) is 0.533. The second kappa shape index (κ2) is 5.11. The van der Waals surface area contributed by atoms with Gasteiger partial charge in [-0.25, -0.2) is 0 Å². The first-order valence-electron chi connectivity index (χ1n) is 6.82. The molecule has 1 aliphatic carbocycles. The Morgan fingerprint density at radius 3 is 2.61 bits per heavy atom. The van der Waals surface area contributed by atoms with Crippen molar-refractivity contribution in [3.05, 3.63) is 30.3 Å². The third kappa shape index (κ3) is 2.56. The molecule has 1 aromatic carbocycles. The summed E-state index contributed by atoms with van der Waals surface area (Å²) in [5.74, 6) is 0.531. The van der Waals surface area contributed by atoms with Crippen LogP contribution in [0.25, 0.3) is 0 Å². The molecule has 1 saturated carbocycles. The molecule has 1 heterocycles. The summed E-state index contributed by atoms with van der Waals surface area (Å²) in [6.07, 6.45) is 4.50. The first-order valence-corrected chi connectivity index (χ1v) is 6.82. The van der Waals surface area contributed by atoms with Gasteiger partial charge in [0.15, 0.2) is 0 Å². The maximum atomic E-state index is 12.4. The molecule has 0 spiro atoms. The number of hydrogen-bond acceptors (Lipinski definition) is 2. The Hall–Kier alpha value is -1.35. The highest BCUT2D eigenvalue weighted by molar-refractivity contribution is 5.96. The molecule has 3 heteroatoms. The van der Waals surface area contributed by atoms with Gasteiger partial charge in [-0.15, -0.1) is 0 Å². The quantitative estimate of drug-likeness (QED) is 0.816. The van der Waals surface area contributed by atoms with E-state index in [2.05, 4.69) is 0 Å². The molecule has 1 aliphatic heterocycles. The minimum atomic E-state index is 0.216. The average molecular weight is 245 g/mol. The van der Waals surface area contributed by atoms with Gasteiger partial charge in [0.05, 0.1) is 12.6 Å². The van der Waals surface area contributed by atoms with Gasteiger partial charge < -0.3 is 9.64 Å².